The molecule has 0 atom stereocenters. The zero-order valence-corrected chi connectivity index (χ0v) is 19.1. The smallest absolute Gasteiger partial charge is 0.193 e. The molecule has 0 amide bonds. The summed E-state index contributed by atoms with van der Waals surface area (Å²) < 4.78 is 22.9. The van der Waals surface area contributed by atoms with Crippen molar-refractivity contribution in [2.24, 2.45) is 10.4 Å². The molecule has 1 heterocycles. The highest BCUT2D eigenvalue weighted by Crippen LogP contribution is 2.20. The van der Waals surface area contributed by atoms with Crippen molar-refractivity contribution in [2.75, 3.05) is 58.3 Å². The van der Waals surface area contributed by atoms with Crippen molar-refractivity contribution in [1.29, 1.82) is 0 Å². The van der Waals surface area contributed by atoms with E-state index in [1.807, 2.05) is 6.07 Å². The normalized spacial score (nSPS) is 17.1. The van der Waals surface area contributed by atoms with Gasteiger partial charge in [-0.15, -0.1) is 0 Å². The summed E-state index contributed by atoms with van der Waals surface area (Å²) >= 11 is 0. The van der Waals surface area contributed by atoms with Gasteiger partial charge in [-0.1, -0.05) is 56.3 Å². The van der Waals surface area contributed by atoms with Gasteiger partial charge in [-0.3, -0.25) is 9.89 Å². The van der Waals surface area contributed by atoms with Crippen LogP contribution in [0.25, 0.3) is 6.08 Å². The first-order valence-electron chi connectivity index (χ1n) is 10.3. The monoisotopic (exact) mass is 420 g/mol. The summed E-state index contributed by atoms with van der Waals surface area (Å²) in [5.74, 6) is 1.12. The molecule has 162 valence electrons. The Labute approximate surface area is 176 Å². The number of hydrogen-bond acceptors (Lipinski definition) is 4. The summed E-state index contributed by atoms with van der Waals surface area (Å²) in [6.45, 7) is 9.70. The molecular formula is C22H36N4O2S. The first kappa shape index (κ1) is 23.4. The Kier molecular flexibility index (Phi) is 8.71. The minimum Gasteiger partial charge on any atom is -0.356 e. The fraction of sp³-hybridized carbons (Fsp3) is 0.591. The van der Waals surface area contributed by atoms with Gasteiger partial charge in [0.2, 0.25) is 0 Å². The average molecular weight is 421 g/mol. The van der Waals surface area contributed by atoms with Crippen LogP contribution in [0, 0.1) is 5.41 Å². The van der Waals surface area contributed by atoms with Crippen LogP contribution in [0.3, 0.4) is 0 Å². The third-order valence-corrected chi connectivity index (χ3v) is 6.18. The van der Waals surface area contributed by atoms with Crippen molar-refractivity contribution < 1.29 is 8.42 Å². The molecule has 2 rings (SSSR count). The molecule has 1 saturated heterocycles. The van der Waals surface area contributed by atoms with Crippen LogP contribution in [0.4, 0.5) is 0 Å². The zero-order chi connectivity index (χ0) is 21.3. The highest BCUT2D eigenvalue weighted by molar-refractivity contribution is 7.90. The van der Waals surface area contributed by atoms with Crippen LogP contribution in [-0.2, 0) is 9.84 Å². The highest BCUT2D eigenvalue weighted by Gasteiger charge is 2.23. The van der Waals surface area contributed by atoms with E-state index in [1.54, 1.807) is 7.05 Å². The number of piperazine rings is 1. The van der Waals surface area contributed by atoms with Crippen LogP contribution in [0.1, 0.15) is 25.8 Å². The quantitative estimate of drug-likeness (QED) is 0.517. The lowest BCUT2D eigenvalue weighted by atomic mass is 9.90. The van der Waals surface area contributed by atoms with E-state index in [9.17, 15) is 8.42 Å². The van der Waals surface area contributed by atoms with E-state index in [-0.39, 0.29) is 11.2 Å². The minimum absolute atomic E-state index is 0.108. The van der Waals surface area contributed by atoms with E-state index in [2.05, 4.69) is 70.4 Å². The van der Waals surface area contributed by atoms with E-state index in [0.29, 0.717) is 13.0 Å². The Bertz CT molecular complexity index is 780. The predicted molar refractivity (Wildman–Crippen MR) is 123 cm³/mol. The third-order valence-electron chi connectivity index (χ3n) is 5.23. The van der Waals surface area contributed by atoms with Crippen molar-refractivity contribution in [3.8, 4) is 0 Å². The van der Waals surface area contributed by atoms with Gasteiger partial charge in [-0.05, 0) is 17.4 Å². The first-order valence-corrected chi connectivity index (χ1v) is 12.3. The number of aliphatic imine (C=N–C) groups is 1. The Hall–Kier alpha value is -1.86. The van der Waals surface area contributed by atoms with Gasteiger partial charge < -0.3 is 10.2 Å². The Morgan fingerprint density at radius 3 is 2.41 bits per heavy atom. The van der Waals surface area contributed by atoms with Crippen molar-refractivity contribution in [3.63, 3.8) is 0 Å². The largest absolute Gasteiger partial charge is 0.356 e. The fourth-order valence-corrected chi connectivity index (χ4v) is 4.17. The van der Waals surface area contributed by atoms with Crippen LogP contribution in [0.2, 0.25) is 0 Å². The number of sulfone groups is 1. The summed E-state index contributed by atoms with van der Waals surface area (Å²) in [4.78, 5) is 9.16. The molecule has 1 aliphatic heterocycles. The van der Waals surface area contributed by atoms with Crippen molar-refractivity contribution in [3.05, 3.63) is 42.0 Å². The lowest BCUT2D eigenvalue weighted by Gasteiger charge is -2.37. The van der Waals surface area contributed by atoms with Crippen LogP contribution in [0.5, 0.6) is 0 Å². The molecule has 1 aromatic carbocycles. The molecule has 6 nitrogen and oxygen atoms in total. The molecule has 0 bridgehead atoms. The fourth-order valence-electron chi connectivity index (χ4n) is 3.24. The minimum atomic E-state index is -2.93. The van der Waals surface area contributed by atoms with Crippen molar-refractivity contribution >= 4 is 21.9 Å². The molecule has 29 heavy (non-hydrogen) atoms. The van der Waals surface area contributed by atoms with E-state index in [1.165, 1.54) is 11.8 Å². The second-order valence-corrected chi connectivity index (χ2v) is 10.8. The van der Waals surface area contributed by atoms with Gasteiger partial charge in [0.15, 0.2) is 5.96 Å². The van der Waals surface area contributed by atoms with Gasteiger partial charge in [-0.2, -0.15) is 0 Å². The summed E-state index contributed by atoms with van der Waals surface area (Å²) in [6, 6.07) is 10.4. The molecule has 1 N–H and O–H groups in total. The summed E-state index contributed by atoms with van der Waals surface area (Å²) in [7, 11) is -1.13. The van der Waals surface area contributed by atoms with Gasteiger partial charge >= 0.3 is 0 Å². The Morgan fingerprint density at radius 1 is 1.17 bits per heavy atom. The van der Waals surface area contributed by atoms with Crippen molar-refractivity contribution in [1.82, 2.24) is 15.1 Å². The van der Waals surface area contributed by atoms with Crippen LogP contribution in [0.15, 0.2) is 41.4 Å². The number of nitrogens with zero attached hydrogens (tertiary/aromatic N) is 3. The van der Waals surface area contributed by atoms with E-state index in [4.69, 9.17) is 0 Å². The molecule has 0 aliphatic carbocycles. The molecule has 0 saturated carbocycles. The Morgan fingerprint density at radius 2 is 1.83 bits per heavy atom. The SMILES string of the molecule is CN=C(NCC(C)(C)CCS(C)(=O)=O)N1CCN(C/C=C/c2ccccc2)CC1. The van der Waals surface area contributed by atoms with Gasteiger partial charge in [0.05, 0.1) is 5.75 Å². The first-order chi connectivity index (χ1) is 13.7. The number of guanidine groups is 1. The summed E-state index contributed by atoms with van der Waals surface area (Å²) in [5, 5.41) is 3.44. The number of nitrogens with one attached hydrogen (secondary N) is 1. The number of rotatable bonds is 8. The summed E-state index contributed by atoms with van der Waals surface area (Å²) in [6.07, 6.45) is 6.33. The zero-order valence-electron chi connectivity index (χ0n) is 18.3. The third kappa shape index (κ3) is 9.00. The molecule has 0 radical (unpaired) electrons. The maximum absolute atomic E-state index is 11.4. The second-order valence-electron chi connectivity index (χ2n) is 8.55. The number of benzene rings is 1. The molecule has 1 fully saturated rings. The maximum Gasteiger partial charge on any atom is 0.193 e. The molecule has 0 aromatic heterocycles. The summed E-state index contributed by atoms with van der Waals surface area (Å²) in [5.41, 5.74) is 1.12. The lowest BCUT2D eigenvalue weighted by Crippen LogP contribution is -2.53. The van der Waals surface area contributed by atoms with Gasteiger partial charge in [0.1, 0.15) is 9.84 Å². The van der Waals surface area contributed by atoms with Gasteiger partial charge in [0.25, 0.3) is 0 Å². The van der Waals surface area contributed by atoms with Crippen LogP contribution >= 0.6 is 0 Å². The topological polar surface area (TPSA) is 65.0 Å². The molecule has 1 aliphatic rings. The molecular weight excluding hydrogens is 384 g/mol. The Balaban J connectivity index is 1.76. The van der Waals surface area contributed by atoms with E-state index < -0.39 is 9.84 Å². The molecule has 0 unspecified atom stereocenters. The van der Waals surface area contributed by atoms with Gasteiger partial charge in [0, 0.05) is 52.6 Å². The predicted octanol–water partition coefficient (Wildman–Crippen LogP) is 2.35. The number of hydrogen-bond donors (Lipinski definition) is 1. The second kappa shape index (κ2) is 10.8. The average Bonchev–Trinajstić information content (AvgIpc) is 2.68. The van der Waals surface area contributed by atoms with Crippen LogP contribution in [-0.4, -0.2) is 82.5 Å². The van der Waals surface area contributed by atoms with Crippen molar-refractivity contribution in [2.45, 2.75) is 20.3 Å². The molecule has 1 aromatic rings. The molecule has 7 heteroatoms. The lowest BCUT2D eigenvalue weighted by molar-refractivity contribution is 0.193. The van der Waals surface area contributed by atoms with E-state index in [0.717, 1.165) is 38.7 Å². The standard InChI is InChI=1S/C22H36N4O2S/c1-22(2,12-18-29(4,27)28)19-24-21(23-3)26-16-14-25(15-17-26)13-8-11-20-9-6-5-7-10-20/h5-11H,12-19H2,1-4H3,(H,23,24)/b11-8+. The highest BCUT2D eigenvalue weighted by atomic mass is 32.2. The molecule has 0 spiro atoms. The van der Waals surface area contributed by atoms with E-state index >= 15 is 0 Å². The maximum atomic E-state index is 11.4. The van der Waals surface area contributed by atoms with Gasteiger partial charge in [-0.25, -0.2) is 8.42 Å². The van der Waals surface area contributed by atoms with Crippen LogP contribution < -0.4 is 5.32 Å².